The van der Waals surface area contributed by atoms with Crippen molar-refractivity contribution in [2.75, 3.05) is 26.2 Å². The van der Waals surface area contributed by atoms with Crippen LogP contribution in [0.1, 0.15) is 24.8 Å². The largest absolute Gasteiger partial charge is 0.489 e. The van der Waals surface area contributed by atoms with Crippen LogP contribution in [-0.4, -0.2) is 36.1 Å². The third kappa shape index (κ3) is 3.43. The molecule has 2 rings (SSSR count). The molecule has 1 fully saturated rings. The first kappa shape index (κ1) is 11.9. The number of hydrogen-bond donors (Lipinski definition) is 0. The van der Waals surface area contributed by atoms with Crippen LogP contribution in [0.4, 0.5) is 0 Å². The standard InChI is InChI=1S/C13H17N3O/c14-10-12-4-5-15-11-13(12)17-9-8-16-6-2-1-3-7-16/h4-5,11H,1-3,6-9H2. The van der Waals surface area contributed by atoms with Crippen molar-refractivity contribution in [1.29, 1.82) is 5.26 Å². The Kier molecular flexibility index (Phi) is 4.34. The number of rotatable bonds is 4. The number of piperidine rings is 1. The molecular weight excluding hydrogens is 214 g/mol. The van der Waals surface area contributed by atoms with E-state index in [0.29, 0.717) is 17.9 Å². The highest BCUT2D eigenvalue weighted by Gasteiger charge is 2.10. The molecule has 0 unspecified atom stereocenters. The van der Waals surface area contributed by atoms with Crippen molar-refractivity contribution in [2.45, 2.75) is 19.3 Å². The maximum Gasteiger partial charge on any atom is 0.155 e. The van der Waals surface area contributed by atoms with Crippen LogP contribution in [0.3, 0.4) is 0 Å². The molecule has 0 atom stereocenters. The lowest BCUT2D eigenvalue weighted by Gasteiger charge is -2.26. The van der Waals surface area contributed by atoms with Crippen molar-refractivity contribution in [2.24, 2.45) is 0 Å². The topological polar surface area (TPSA) is 49.1 Å². The highest BCUT2D eigenvalue weighted by Crippen LogP contribution is 2.15. The number of hydrogen-bond acceptors (Lipinski definition) is 4. The zero-order valence-electron chi connectivity index (χ0n) is 9.93. The van der Waals surface area contributed by atoms with Crippen LogP contribution in [0, 0.1) is 11.3 Å². The van der Waals surface area contributed by atoms with Crippen LogP contribution in [0.25, 0.3) is 0 Å². The minimum Gasteiger partial charge on any atom is -0.489 e. The monoisotopic (exact) mass is 231 g/mol. The van der Waals surface area contributed by atoms with Gasteiger partial charge in [-0.1, -0.05) is 6.42 Å². The van der Waals surface area contributed by atoms with Gasteiger partial charge in [-0.15, -0.1) is 0 Å². The second kappa shape index (κ2) is 6.21. The van der Waals surface area contributed by atoms with Crippen molar-refractivity contribution in [3.63, 3.8) is 0 Å². The van der Waals surface area contributed by atoms with Gasteiger partial charge in [-0.2, -0.15) is 5.26 Å². The second-order valence-corrected chi connectivity index (χ2v) is 4.23. The van der Waals surface area contributed by atoms with Gasteiger partial charge in [0, 0.05) is 12.7 Å². The Bertz CT molecular complexity index is 394. The normalized spacial score (nSPS) is 16.4. The van der Waals surface area contributed by atoms with Gasteiger partial charge in [0.25, 0.3) is 0 Å². The zero-order chi connectivity index (χ0) is 11.9. The molecule has 0 N–H and O–H groups in total. The summed E-state index contributed by atoms with van der Waals surface area (Å²) >= 11 is 0. The van der Waals surface area contributed by atoms with Gasteiger partial charge in [-0.05, 0) is 32.0 Å². The van der Waals surface area contributed by atoms with E-state index >= 15 is 0 Å². The summed E-state index contributed by atoms with van der Waals surface area (Å²) in [4.78, 5) is 6.38. The molecule has 2 heterocycles. The van der Waals surface area contributed by atoms with Gasteiger partial charge in [0.1, 0.15) is 12.7 Å². The van der Waals surface area contributed by atoms with Crippen LogP contribution in [0.2, 0.25) is 0 Å². The van der Waals surface area contributed by atoms with E-state index < -0.39 is 0 Å². The maximum atomic E-state index is 8.90. The van der Waals surface area contributed by atoms with E-state index in [1.54, 1.807) is 18.5 Å². The van der Waals surface area contributed by atoms with Crippen LogP contribution in [-0.2, 0) is 0 Å². The molecule has 0 aliphatic carbocycles. The molecule has 0 amide bonds. The van der Waals surface area contributed by atoms with E-state index in [0.717, 1.165) is 6.54 Å². The van der Waals surface area contributed by atoms with Crippen LogP contribution >= 0.6 is 0 Å². The minimum atomic E-state index is 0.554. The van der Waals surface area contributed by atoms with Gasteiger partial charge in [0.2, 0.25) is 0 Å². The highest BCUT2D eigenvalue weighted by atomic mass is 16.5. The molecule has 0 spiro atoms. The Morgan fingerprint density at radius 1 is 1.35 bits per heavy atom. The third-order valence-corrected chi connectivity index (χ3v) is 3.02. The Morgan fingerprint density at radius 3 is 2.94 bits per heavy atom. The van der Waals surface area contributed by atoms with E-state index in [1.807, 2.05) is 0 Å². The van der Waals surface area contributed by atoms with Crippen molar-refractivity contribution < 1.29 is 4.74 Å². The lowest BCUT2D eigenvalue weighted by molar-refractivity contribution is 0.183. The highest BCUT2D eigenvalue weighted by molar-refractivity contribution is 5.40. The number of nitrogens with zero attached hydrogens (tertiary/aromatic N) is 3. The summed E-state index contributed by atoms with van der Waals surface area (Å²) in [5.74, 6) is 0.590. The van der Waals surface area contributed by atoms with Crippen molar-refractivity contribution in [1.82, 2.24) is 9.88 Å². The summed E-state index contributed by atoms with van der Waals surface area (Å²) in [6.45, 7) is 3.89. The molecule has 0 aromatic carbocycles. The zero-order valence-corrected chi connectivity index (χ0v) is 9.93. The molecule has 1 aromatic rings. The number of likely N-dealkylation sites (tertiary alicyclic amines) is 1. The Morgan fingerprint density at radius 2 is 2.18 bits per heavy atom. The molecule has 0 bridgehead atoms. The fourth-order valence-electron chi connectivity index (χ4n) is 2.06. The van der Waals surface area contributed by atoms with E-state index in [2.05, 4.69) is 16.0 Å². The number of nitriles is 1. The molecule has 1 aromatic heterocycles. The SMILES string of the molecule is N#Cc1ccncc1OCCN1CCCCC1. The summed E-state index contributed by atoms with van der Waals surface area (Å²) in [6.07, 6.45) is 7.13. The average Bonchev–Trinajstić information content (AvgIpc) is 2.40. The van der Waals surface area contributed by atoms with E-state index in [-0.39, 0.29) is 0 Å². The molecule has 1 aliphatic rings. The lowest BCUT2D eigenvalue weighted by Crippen LogP contribution is -2.33. The van der Waals surface area contributed by atoms with Crippen molar-refractivity contribution >= 4 is 0 Å². The molecule has 4 nitrogen and oxygen atoms in total. The first-order valence-electron chi connectivity index (χ1n) is 6.09. The average molecular weight is 231 g/mol. The lowest BCUT2D eigenvalue weighted by atomic mass is 10.1. The quantitative estimate of drug-likeness (QED) is 0.793. The summed E-state index contributed by atoms with van der Waals surface area (Å²) < 4.78 is 5.60. The first-order valence-corrected chi connectivity index (χ1v) is 6.09. The Labute approximate surface area is 102 Å². The van der Waals surface area contributed by atoms with Gasteiger partial charge < -0.3 is 4.74 Å². The number of aromatic nitrogens is 1. The third-order valence-electron chi connectivity index (χ3n) is 3.02. The summed E-state index contributed by atoms with van der Waals surface area (Å²) in [5.41, 5.74) is 0.554. The van der Waals surface area contributed by atoms with Gasteiger partial charge >= 0.3 is 0 Å². The smallest absolute Gasteiger partial charge is 0.155 e. The molecule has 0 radical (unpaired) electrons. The van der Waals surface area contributed by atoms with Crippen molar-refractivity contribution in [3.8, 4) is 11.8 Å². The predicted molar refractivity (Wildman–Crippen MR) is 64.7 cm³/mol. The first-order chi connectivity index (χ1) is 8.40. The summed E-state index contributed by atoms with van der Waals surface area (Å²) in [7, 11) is 0. The van der Waals surface area contributed by atoms with Crippen LogP contribution < -0.4 is 4.74 Å². The molecular formula is C13H17N3O. The van der Waals surface area contributed by atoms with E-state index in [4.69, 9.17) is 10.00 Å². The molecule has 1 saturated heterocycles. The van der Waals surface area contributed by atoms with Gasteiger partial charge in [0.15, 0.2) is 5.75 Å². The molecule has 17 heavy (non-hydrogen) atoms. The van der Waals surface area contributed by atoms with E-state index in [9.17, 15) is 0 Å². The second-order valence-electron chi connectivity index (χ2n) is 4.23. The predicted octanol–water partition coefficient (Wildman–Crippen LogP) is 1.82. The van der Waals surface area contributed by atoms with Crippen LogP contribution in [0.5, 0.6) is 5.75 Å². The molecule has 0 saturated carbocycles. The van der Waals surface area contributed by atoms with E-state index in [1.165, 1.54) is 32.4 Å². The van der Waals surface area contributed by atoms with Crippen molar-refractivity contribution in [3.05, 3.63) is 24.0 Å². The fourth-order valence-corrected chi connectivity index (χ4v) is 2.06. The summed E-state index contributed by atoms with van der Waals surface area (Å²) in [5, 5.41) is 8.90. The molecule has 1 aliphatic heterocycles. The molecule has 4 heteroatoms. The van der Waals surface area contributed by atoms with Crippen LogP contribution in [0.15, 0.2) is 18.5 Å². The Balaban J connectivity index is 1.79. The number of ether oxygens (including phenoxy) is 1. The van der Waals surface area contributed by atoms with Gasteiger partial charge in [-0.25, -0.2) is 0 Å². The van der Waals surface area contributed by atoms with Gasteiger partial charge in [-0.3, -0.25) is 9.88 Å². The van der Waals surface area contributed by atoms with Gasteiger partial charge in [0.05, 0.1) is 11.8 Å². The fraction of sp³-hybridized carbons (Fsp3) is 0.538. The minimum absolute atomic E-state index is 0.554. The molecule has 90 valence electrons. The Hall–Kier alpha value is -1.60. The summed E-state index contributed by atoms with van der Waals surface area (Å²) in [6, 6.07) is 3.78. The number of pyridine rings is 1. The maximum absolute atomic E-state index is 8.90.